The first-order valence-electron chi connectivity index (χ1n) is 7.00. The smallest absolute Gasteiger partial charge is 0.0168 e. The van der Waals surface area contributed by atoms with E-state index in [2.05, 4.69) is 51.7 Å². The standard InChI is InChI=1S/C15H31N/c1-6-7-8-9-10-11-12-13-16(14(2)3)15(4)5/h11-12,14-15H,6-10,13H2,1-5H3/b12-11-. The fourth-order valence-corrected chi connectivity index (χ4v) is 2.02. The van der Waals surface area contributed by atoms with Crippen molar-refractivity contribution >= 4 is 0 Å². The summed E-state index contributed by atoms with van der Waals surface area (Å²) in [4.78, 5) is 2.52. The molecule has 0 bridgehead atoms. The van der Waals surface area contributed by atoms with Gasteiger partial charge in [0, 0.05) is 18.6 Å². The van der Waals surface area contributed by atoms with E-state index in [0.717, 1.165) is 6.54 Å². The van der Waals surface area contributed by atoms with Gasteiger partial charge in [0.15, 0.2) is 0 Å². The van der Waals surface area contributed by atoms with Gasteiger partial charge in [0.1, 0.15) is 0 Å². The molecule has 0 aliphatic rings. The van der Waals surface area contributed by atoms with Crippen LogP contribution in [0.25, 0.3) is 0 Å². The maximum atomic E-state index is 2.52. The molecule has 1 nitrogen and oxygen atoms in total. The van der Waals surface area contributed by atoms with Crippen LogP contribution in [0.15, 0.2) is 12.2 Å². The molecule has 16 heavy (non-hydrogen) atoms. The van der Waals surface area contributed by atoms with Crippen LogP contribution in [0, 0.1) is 0 Å². The van der Waals surface area contributed by atoms with E-state index in [9.17, 15) is 0 Å². The molecule has 0 aliphatic carbocycles. The molecule has 0 aromatic heterocycles. The van der Waals surface area contributed by atoms with E-state index in [1.165, 1.54) is 32.1 Å². The van der Waals surface area contributed by atoms with Gasteiger partial charge in [0.05, 0.1) is 0 Å². The highest BCUT2D eigenvalue weighted by molar-refractivity contribution is 4.86. The van der Waals surface area contributed by atoms with E-state index >= 15 is 0 Å². The predicted octanol–water partition coefficient (Wildman–Crippen LogP) is 4.63. The van der Waals surface area contributed by atoms with E-state index in [-0.39, 0.29) is 0 Å². The van der Waals surface area contributed by atoms with Crippen molar-refractivity contribution in [1.82, 2.24) is 4.90 Å². The molecule has 1 heteroatoms. The summed E-state index contributed by atoms with van der Waals surface area (Å²) in [7, 11) is 0. The Bertz CT molecular complexity index is 162. The Balaban J connectivity index is 3.63. The zero-order valence-corrected chi connectivity index (χ0v) is 12.0. The molecule has 0 aliphatic heterocycles. The van der Waals surface area contributed by atoms with Crippen LogP contribution in [-0.2, 0) is 0 Å². The Hall–Kier alpha value is -0.300. The second-order valence-corrected chi connectivity index (χ2v) is 5.21. The van der Waals surface area contributed by atoms with Crippen LogP contribution in [-0.4, -0.2) is 23.5 Å². The topological polar surface area (TPSA) is 3.24 Å². The molecular formula is C15H31N. The second-order valence-electron chi connectivity index (χ2n) is 5.21. The SMILES string of the molecule is CCCCCC/C=C\CN(C(C)C)C(C)C. The van der Waals surface area contributed by atoms with Crippen LogP contribution in [0.5, 0.6) is 0 Å². The molecule has 0 saturated heterocycles. The van der Waals surface area contributed by atoms with Gasteiger partial charge in [0.2, 0.25) is 0 Å². The van der Waals surface area contributed by atoms with Crippen LogP contribution in [0.3, 0.4) is 0 Å². The minimum absolute atomic E-state index is 0.643. The Morgan fingerprint density at radius 3 is 2.00 bits per heavy atom. The van der Waals surface area contributed by atoms with Gasteiger partial charge in [-0.25, -0.2) is 0 Å². The predicted molar refractivity (Wildman–Crippen MR) is 74.9 cm³/mol. The Morgan fingerprint density at radius 2 is 1.50 bits per heavy atom. The fourth-order valence-electron chi connectivity index (χ4n) is 2.02. The number of nitrogens with zero attached hydrogens (tertiary/aromatic N) is 1. The molecule has 0 atom stereocenters. The van der Waals surface area contributed by atoms with E-state index in [4.69, 9.17) is 0 Å². The minimum atomic E-state index is 0.643. The molecule has 0 spiro atoms. The molecule has 0 saturated carbocycles. The third-order valence-corrected chi connectivity index (χ3v) is 3.03. The van der Waals surface area contributed by atoms with Gasteiger partial charge in [-0.1, -0.05) is 38.3 Å². The van der Waals surface area contributed by atoms with E-state index in [0.29, 0.717) is 12.1 Å². The van der Waals surface area contributed by atoms with Crippen LogP contribution < -0.4 is 0 Å². The van der Waals surface area contributed by atoms with Crippen molar-refractivity contribution in [3.8, 4) is 0 Å². The molecule has 0 aromatic rings. The van der Waals surface area contributed by atoms with Crippen LogP contribution in [0.1, 0.15) is 66.7 Å². The first kappa shape index (κ1) is 15.7. The van der Waals surface area contributed by atoms with Crippen molar-refractivity contribution in [3.05, 3.63) is 12.2 Å². The summed E-state index contributed by atoms with van der Waals surface area (Å²) in [6.07, 6.45) is 11.4. The maximum absolute atomic E-state index is 2.52. The van der Waals surface area contributed by atoms with Crippen molar-refractivity contribution < 1.29 is 0 Å². The lowest BCUT2D eigenvalue weighted by Crippen LogP contribution is -2.36. The van der Waals surface area contributed by atoms with Crippen LogP contribution in [0.4, 0.5) is 0 Å². The van der Waals surface area contributed by atoms with Gasteiger partial charge in [0.25, 0.3) is 0 Å². The molecule has 0 rings (SSSR count). The summed E-state index contributed by atoms with van der Waals surface area (Å²) in [6, 6.07) is 1.29. The first-order chi connectivity index (χ1) is 7.59. The van der Waals surface area contributed by atoms with Gasteiger partial charge in [-0.15, -0.1) is 0 Å². The molecule has 0 heterocycles. The Labute approximate surface area is 103 Å². The quantitative estimate of drug-likeness (QED) is 0.408. The van der Waals surface area contributed by atoms with Crippen molar-refractivity contribution in [2.75, 3.05) is 6.54 Å². The molecule has 0 N–H and O–H groups in total. The number of rotatable bonds is 9. The van der Waals surface area contributed by atoms with Gasteiger partial charge >= 0.3 is 0 Å². The molecule has 0 unspecified atom stereocenters. The maximum Gasteiger partial charge on any atom is 0.0168 e. The van der Waals surface area contributed by atoms with E-state index in [1.807, 2.05) is 0 Å². The number of hydrogen-bond acceptors (Lipinski definition) is 1. The lowest BCUT2D eigenvalue weighted by Gasteiger charge is -2.29. The summed E-state index contributed by atoms with van der Waals surface area (Å²) in [6.45, 7) is 12.5. The summed E-state index contributed by atoms with van der Waals surface area (Å²) in [5, 5.41) is 0. The van der Waals surface area contributed by atoms with E-state index in [1.54, 1.807) is 0 Å². The summed E-state index contributed by atoms with van der Waals surface area (Å²) >= 11 is 0. The fraction of sp³-hybridized carbons (Fsp3) is 0.867. The van der Waals surface area contributed by atoms with Gasteiger partial charge in [-0.05, 0) is 40.5 Å². The Morgan fingerprint density at radius 1 is 0.875 bits per heavy atom. The van der Waals surface area contributed by atoms with Crippen molar-refractivity contribution in [3.63, 3.8) is 0 Å². The number of unbranched alkanes of at least 4 members (excludes halogenated alkanes) is 4. The average Bonchev–Trinajstić information content (AvgIpc) is 2.21. The monoisotopic (exact) mass is 225 g/mol. The third-order valence-electron chi connectivity index (χ3n) is 3.03. The summed E-state index contributed by atoms with van der Waals surface area (Å²) < 4.78 is 0. The summed E-state index contributed by atoms with van der Waals surface area (Å²) in [5.74, 6) is 0. The molecule has 0 aromatic carbocycles. The van der Waals surface area contributed by atoms with Crippen LogP contribution in [0.2, 0.25) is 0 Å². The molecule has 0 radical (unpaired) electrons. The average molecular weight is 225 g/mol. The number of hydrogen-bond donors (Lipinski definition) is 0. The first-order valence-corrected chi connectivity index (χ1v) is 7.00. The molecular weight excluding hydrogens is 194 g/mol. The Kier molecular flexibility index (Phi) is 9.71. The van der Waals surface area contributed by atoms with Crippen molar-refractivity contribution in [2.45, 2.75) is 78.8 Å². The molecule has 0 fully saturated rings. The zero-order valence-electron chi connectivity index (χ0n) is 12.0. The van der Waals surface area contributed by atoms with Crippen molar-refractivity contribution in [1.29, 1.82) is 0 Å². The van der Waals surface area contributed by atoms with Gasteiger partial charge < -0.3 is 0 Å². The third kappa shape index (κ3) is 7.92. The second kappa shape index (κ2) is 9.89. The normalized spacial score (nSPS) is 12.5. The number of allylic oxidation sites excluding steroid dienone is 1. The van der Waals surface area contributed by atoms with Crippen molar-refractivity contribution in [2.24, 2.45) is 0 Å². The lowest BCUT2D eigenvalue weighted by atomic mass is 10.1. The lowest BCUT2D eigenvalue weighted by molar-refractivity contribution is 0.196. The molecule has 96 valence electrons. The molecule has 0 amide bonds. The van der Waals surface area contributed by atoms with Crippen LogP contribution >= 0.6 is 0 Å². The minimum Gasteiger partial charge on any atom is -0.295 e. The highest BCUT2D eigenvalue weighted by Crippen LogP contribution is 2.06. The van der Waals surface area contributed by atoms with E-state index < -0.39 is 0 Å². The van der Waals surface area contributed by atoms with Gasteiger partial charge in [-0.2, -0.15) is 0 Å². The highest BCUT2D eigenvalue weighted by Gasteiger charge is 2.10. The zero-order chi connectivity index (χ0) is 12.4. The van der Waals surface area contributed by atoms with Gasteiger partial charge in [-0.3, -0.25) is 4.90 Å². The largest absolute Gasteiger partial charge is 0.295 e. The highest BCUT2D eigenvalue weighted by atomic mass is 15.2. The summed E-state index contributed by atoms with van der Waals surface area (Å²) in [5.41, 5.74) is 0.